The van der Waals surface area contributed by atoms with Gasteiger partial charge in [-0.15, -0.1) is 5.10 Å². The summed E-state index contributed by atoms with van der Waals surface area (Å²) in [5.74, 6) is 4.29. The standard InChI is InChI=1S/C17H26N6O/c1-11-7-12(2)9-13(8-11)20-17(18-3)19-10-15-21-16(23-22-15)14-5-4-6-24-14/h4-6,11-13H,7-10H2,1-3H3,(H2,18,19,20)(H,21,22,23). The van der Waals surface area contributed by atoms with Crippen molar-refractivity contribution in [3.63, 3.8) is 0 Å². The van der Waals surface area contributed by atoms with Crippen molar-refractivity contribution in [1.82, 2.24) is 25.8 Å². The Bertz CT molecular complexity index is 652. The predicted octanol–water partition coefficient (Wildman–Crippen LogP) is 2.55. The Morgan fingerprint density at radius 3 is 2.79 bits per heavy atom. The molecule has 2 atom stereocenters. The van der Waals surface area contributed by atoms with E-state index in [0.29, 0.717) is 24.2 Å². The highest BCUT2D eigenvalue weighted by molar-refractivity contribution is 5.79. The van der Waals surface area contributed by atoms with E-state index in [-0.39, 0.29) is 0 Å². The highest BCUT2D eigenvalue weighted by atomic mass is 16.3. The fraction of sp³-hybridized carbons (Fsp3) is 0.588. The summed E-state index contributed by atoms with van der Waals surface area (Å²) >= 11 is 0. The Hall–Kier alpha value is -2.31. The molecule has 1 fully saturated rings. The van der Waals surface area contributed by atoms with Crippen LogP contribution in [-0.4, -0.2) is 34.2 Å². The summed E-state index contributed by atoms with van der Waals surface area (Å²) in [6.45, 7) is 5.18. The van der Waals surface area contributed by atoms with Gasteiger partial charge >= 0.3 is 0 Å². The summed E-state index contributed by atoms with van der Waals surface area (Å²) in [7, 11) is 1.79. The van der Waals surface area contributed by atoms with E-state index in [1.807, 2.05) is 12.1 Å². The highest BCUT2D eigenvalue weighted by Crippen LogP contribution is 2.28. The zero-order chi connectivity index (χ0) is 16.9. The molecule has 7 heteroatoms. The van der Waals surface area contributed by atoms with E-state index in [1.54, 1.807) is 13.3 Å². The van der Waals surface area contributed by atoms with E-state index in [2.05, 4.69) is 44.7 Å². The Morgan fingerprint density at radius 2 is 2.12 bits per heavy atom. The number of hydrogen-bond donors (Lipinski definition) is 3. The van der Waals surface area contributed by atoms with Crippen molar-refractivity contribution in [3.05, 3.63) is 24.2 Å². The van der Waals surface area contributed by atoms with Gasteiger partial charge in [0.25, 0.3) is 0 Å². The number of aliphatic imine (C=N–C) groups is 1. The number of nitrogens with zero attached hydrogens (tertiary/aromatic N) is 3. The lowest BCUT2D eigenvalue weighted by atomic mass is 9.80. The number of rotatable bonds is 4. The Morgan fingerprint density at radius 1 is 1.33 bits per heavy atom. The fourth-order valence-corrected chi connectivity index (χ4v) is 3.51. The topological polar surface area (TPSA) is 91.1 Å². The van der Waals surface area contributed by atoms with Gasteiger partial charge in [-0.05, 0) is 43.2 Å². The third kappa shape index (κ3) is 4.15. The van der Waals surface area contributed by atoms with Crippen molar-refractivity contribution < 1.29 is 4.42 Å². The molecular formula is C17H26N6O. The van der Waals surface area contributed by atoms with Crippen LogP contribution in [0, 0.1) is 11.8 Å². The number of aromatic nitrogens is 3. The molecule has 24 heavy (non-hydrogen) atoms. The van der Waals surface area contributed by atoms with Gasteiger partial charge in [0.05, 0.1) is 12.8 Å². The second-order valence-electron chi connectivity index (χ2n) is 6.77. The number of guanidine groups is 1. The molecule has 0 spiro atoms. The van der Waals surface area contributed by atoms with Crippen molar-refractivity contribution in [3.8, 4) is 11.6 Å². The van der Waals surface area contributed by atoms with E-state index in [0.717, 1.165) is 23.6 Å². The first-order valence-electron chi connectivity index (χ1n) is 8.56. The van der Waals surface area contributed by atoms with Crippen molar-refractivity contribution in [1.29, 1.82) is 0 Å². The van der Waals surface area contributed by atoms with Crippen LogP contribution in [0.4, 0.5) is 0 Å². The van der Waals surface area contributed by atoms with Crippen molar-refractivity contribution in [2.45, 2.75) is 45.7 Å². The van der Waals surface area contributed by atoms with Gasteiger partial charge in [-0.2, -0.15) is 0 Å². The van der Waals surface area contributed by atoms with Crippen LogP contribution < -0.4 is 10.6 Å². The molecule has 2 aromatic heterocycles. The molecule has 130 valence electrons. The Balaban J connectivity index is 1.53. The maximum Gasteiger partial charge on any atom is 0.216 e. The first-order chi connectivity index (χ1) is 11.6. The van der Waals surface area contributed by atoms with Crippen LogP contribution >= 0.6 is 0 Å². The van der Waals surface area contributed by atoms with Gasteiger partial charge in [0.2, 0.25) is 5.82 Å². The van der Waals surface area contributed by atoms with E-state index >= 15 is 0 Å². The number of aromatic amines is 1. The molecule has 0 saturated heterocycles. The summed E-state index contributed by atoms with van der Waals surface area (Å²) in [5.41, 5.74) is 0. The molecule has 0 aliphatic heterocycles. The van der Waals surface area contributed by atoms with Crippen molar-refractivity contribution in [2.75, 3.05) is 7.05 Å². The number of H-pyrrole nitrogens is 1. The second kappa shape index (κ2) is 7.51. The Labute approximate surface area is 142 Å². The molecule has 0 radical (unpaired) electrons. The molecular weight excluding hydrogens is 304 g/mol. The van der Waals surface area contributed by atoms with Crippen LogP contribution in [0.1, 0.15) is 38.9 Å². The lowest BCUT2D eigenvalue weighted by Gasteiger charge is -2.32. The van der Waals surface area contributed by atoms with Gasteiger partial charge in [0.1, 0.15) is 5.82 Å². The summed E-state index contributed by atoms with van der Waals surface area (Å²) in [6, 6.07) is 4.14. The number of nitrogens with one attached hydrogen (secondary N) is 3. The molecule has 2 heterocycles. The molecule has 0 bridgehead atoms. The van der Waals surface area contributed by atoms with E-state index in [1.165, 1.54) is 19.3 Å². The summed E-state index contributed by atoms with van der Waals surface area (Å²) < 4.78 is 5.30. The van der Waals surface area contributed by atoms with Crippen molar-refractivity contribution >= 4 is 5.96 Å². The zero-order valence-corrected chi connectivity index (χ0v) is 14.5. The quantitative estimate of drug-likeness (QED) is 0.592. The third-order valence-corrected chi connectivity index (χ3v) is 4.44. The maximum absolute atomic E-state index is 5.30. The largest absolute Gasteiger partial charge is 0.461 e. The van der Waals surface area contributed by atoms with Crippen LogP contribution in [-0.2, 0) is 6.54 Å². The molecule has 3 rings (SSSR count). The zero-order valence-electron chi connectivity index (χ0n) is 14.5. The third-order valence-electron chi connectivity index (χ3n) is 4.44. The summed E-state index contributed by atoms with van der Waals surface area (Å²) in [4.78, 5) is 8.74. The summed E-state index contributed by atoms with van der Waals surface area (Å²) in [5, 5.41) is 13.9. The minimum atomic E-state index is 0.475. The maximum atomic E-state index is 5.30. The molecule has 1 aliphatic rings. The van der Waals surface area contributed by atoms with Gasteiger partial charge in [-0.1, -0.05) is 13.8 Å². The van der Waals surface area contributed by atoms with Gasteiger partial charge in [0.15, 0.2) is 11.7 Å². The van der Waals surface area contributed by atoms with Crippen LogP contribution in [0.15, 0.2) is 27.8 Å². The van der Waals surface area contributed by atoms with Gasteiger partial charge in [-0.3, -0.25) is 10.1 Å². The average Bonchev–Trinajstić information content (AvgIpc) is 3.21. The van der Waals surface area contributed by atoms with Gasteiger partial charge in [0, 0.05) is 13.1 Å². The lowest BCUT2D eigenvalue weighted by Crippen LogP contribution is -2.46. The van der Waals surface area contributed by atoms with Gasteiger partial charge < -0.3 is 15.1 Å². The smallest absolute Gasteiger partial charge is 0.216 e. The molecule has 2 unspecified atom stereocenters. The minimum Gasteiger partial charge on any atom is -0.461 e. The number of hydrogen-bond acceptors (Lipinski definition) is 4. The minimum absolute atomic E-state index is 0.475. The van der Waals surface area contributed by atoms with E-state index in [9.17, 15) is 0 Å². The SMILES string of the molecule is CN=C(NCc1nc(-c2ccco2)n[nH]1)NC1CC(C)CC(C)C1. The van der Waals surface area contributed by atoms with E-state index < -0.39 is 0 Å². The van der Waals surface area contributed by atoms with Crippen LogP contribution in [0.5, 0.6) is 0 Å². The molecule has 7 nitrogen and oxygen atoms in total. The highest BCUT2D eigenvalue weighted by Gasteiger charge is 2.24. The molecule has 2 aromatic rings. The average molecular weight is 330 g/mol. The normalized spacial score (nSPS) is 24.8. The number of furan rings is 1. The van der Waals surface area contributed by atoms with Crippen LogP contribution in [0.3, 0.4) is 0 Å². The molecule has 0 aromatic carbocycles. The first-order valence-corrected chi connectivity index (χ1v) is 8.56. The fourth-order valence-electron chi connectivity index (χ4n) is 3.51. The second-order valence-corrected chi connectivity index (χ2v) is 6.77. The van der Waals surface area contributed by atoms with Crippen LogP contribution in [0.2, 0.25) is 0 Å². The molecule has 1 saturated carbocycles. The van der Waals surface area contributed by atoms with Crippen LogP contribution in [0.25, 0.3) is 11.6 Å². The lowest BCUT2D eigenvalue weighted by molar-refractivity contribution is 0.255. The van der Waals surface area contributed by atoms with Gasteiger partial charge in [-0.25, -0.2) is 4.98 Å². The summed E-state index contributed by atoms with van der Waals surface area (Å²) in [6.07, 6.45) is 5.31. The van der Waals surface area contributed by atoms with E-state index in [4.69, 9.17) is 4.42 Å². The molecule has 3 N–H and O–H groups in total. The molecule has 0 amide bonds. The first kappa shape index (κ1) is 16.5. The Kier molecular flexibility index (Phi) is 5.17. The van der Waals surface area contributed by atoms with Crippen molar-refractivity contribution in [2.24, 2.45) is 16.8 Å². The predicted molar refractivity (Wildman–Crippen MR) is 93.4 cm³/mol. The molecule has 1 aliphatic carbocycles. The monoisotopic (exact) mass is 330 g/mol.